The van der Waals surface area contributed by atoms with Crippen molar-refractivity contribution in [1.82, 2.24) is 3.97 Å². The summed E-state index contributed by atoms with van der Waals surface area (Å²) in [5, 5.41) is 3.41. The molecule has 0 radical (unpaired) electrons. The van der Waals surface area contributed by atoms with E-state index in [4.69, 9.17) is 4.74 Å². The summed E-state index contributed by atoms with van der Waals surface area (Å²) in [5.41, 5.74) is 0.900. The molecule has 0 aliphatic heterocycles. The van der Waals surface area contributed by atoms with E-state index < -0.39 is 10.0 Å². The first-order valence-electron chi connectivity index (χ1n) is 7.21. The molecule has 6 nitrogen and oxygen atoms in total. The van der Waals surface area contributed by atoms with Gasteiger partial charge >= 0.3 is 0 Å². The molecule has 1 amide bonds. The van der Waals surface area contributed by atoms with Gasteiger partial charge in [-0.15, -0.1) is 0 Å². The Morgan fingerprint density at radius 2 is 1.88 bits per heavy atom. The quantitative estimate of drug-likeness (QED) is 0.789. The number of hydrogen-bond acceptors (Lipinski definition) is 4. The lowest BCUT2D eigenvalue weighted by atomic mass is 10.3. The van der Waals surface area contributed by atoms with Gasteiger partial charge in [-0.05, 0) is 30.3 Å². The predicted molar refractivity (Wildman–Crippen MR) is 91.8 cm³/mol. The topological polar surface area (TPSA) is 77.4 Å². The van der Waals surface area contributed by atoms with Crippen molar-refractivity contribution in [2.75, 3.05) is 12.4 Å². The summed E-state index contributed by atoms with van der Waals surface area (Å²) in [7, 11) is -2.34. The van der Waals surface area contributed by atoms with Gasteiger partial charge in [-0.1, -0.05) is 18.2 Å². The molecular formula is C17H16N2O4S. The SMILES string of the molecule is COc1ccc(S(=O)(=O)n2ccc3ccccc32)cc1NC(C)=O. The molecule has 0 fully saturated rings. The summed E-state index contributed by atoms with van der Waals surface area (Å²) in [6, 6.07) is 13.3. The van der Waals surface area contributed by atoms with Gasteiger partial charge in [-0.3, -0.25) is 4.79 Å². The number of carbonyl (C=O) groups is 1. The average Bonchev–Trinajstić information content (AvgIpc) is 2.99. The van der Waals surface area contributed by atoms with E-state index in [0.29, 0.717) is 17.0 Å². The second-order valence-electron chi connectivity index (χ2n) is 5.22. The van der Waals surface area contributed by atoms with Gasteiger partial charge in [0.15, 0.2) is 0 Å². The van der Waals surface area contributed by atoms with E-state index in [1.165, 1.54) is 42.4 Å². The van der Waals surface area contributed by atoms with Crippen molar-refractivity contribution in [1.29, 1.82) is 0 Å². The lowest BCUT2D eigenvalue weighted by Crippen LogP contribution is -2.13. The molecular weight excluding hydrogens is 328 g/mol. The fourth-order valence-corrected chi connectivity index (χ4v) is 3.90. The monoisotopic (exact) mass is 344 g/mol. The second-order valence-corrected chi connectivity index (χ2v) is 7.03. The molecule has 3 aromatic rings. The highest BCUT2D eigenvalue weighted by Crippen LogP contribution is 2.29. The van der Waals surface area contributed by atoms with E-state index in [2.05, 4.69) is 5.32 Å². The maximum atomic E-state index is 13.0. The first-order valence-corrected chi connectivity index (χ1v) is 8.65. The molecule has 2 aromatic carbocycles. The molecule has 1 N–H and O–H groups in total. The minimum Gasteiger partial charge on any atom is -0.495 e. The molecule has 1 aromatic heterocycles. The number of benzene rings is 2. The third-order valence-electron chi connectivity index (χ3n) is 3.60. The number of nitrogens with zero attached hydrogens (tertiary/aromatic N) is 1. The molecule has 0 atom stereocenters. The minimum atomic E-state index is -3.80. The van der Waals surface area contributed by atoms with Gasteiger partial charge in [0, 0.05) is 18.5 Å². The zero-order valence-electron chi connectivity index (χ0n) is 13.2. The van der Waals surface area contributed by atoms with Crippen LogP contribution in [0.25, 0.3) is 10.9 Å². The normalized spacial score (nSPS) is 11.4. The molecule has 0 saturated carbocycles. The van der Waals surface area contributed by atoms with Gasteiger partial charge in [0.2, 0.25) is 5.91 Å². The Labute approximate surface area is 139 Å². The number of rotatable bonds is 4. The summed E-state index contributed by atoms with van der Waals surface area (Å²) in [5.74, 6) is 0.0794. The van der Waals surface area contributed by atoms with Crippen molar-refractivity contribution < 1.29 is 17.9 Å². The van der Waals surface area contributed by atoms with Gasteiger partial charge in [-0.25, -0.2) is 12.4 Å². The standard InChI is InChI=1S/C17H16N2O4S/c1-12(20)18-15-11-14(7-8-17(15)23-2)24(21,22)19-10-9-13-5-3-4-6-16(13)19/h3-11H,1-2H3,(H,18,20). The van der Waals surface area contributed by atoms with Crippen molar-refractivity contribution in [3.63, 3.8) is 0 Å². The number of hydrogen-bond donors (Lipinski definition) is 1. The van der Waals surface area contributed by atoms with Crippen LogP contribution in [0.3, 0.4) is 0 Å². The predicted octanol–water partition coefficient (Wildman–Crippen LogP) is 2.85. The molecule has 1 heterocycles. The van der Waals surface area contributed by atoms with Crippen molar-refractivity contribution in [3.05, 3.63) is 54.7 Å². The van der Waals surface area contributed by atoms with Gasteiger partial charge in [0.05, 0.1) is 23.2 Å². The third kappa shape index (κ3) is 2.74. The van der Waals surface area contributed by atoms with Crippen LogP contribution in [0.2, 0.25) is 0 Å². The van der Waals surface area contributed by atoms with Crippen LogP contribution >= 0.6 is 0 Å². The summed E-state index contributed by atoms with van der Waals surface area (Å²) < 4.78 is 32.3. The highest BCUT2D eigenvalue weighted by Gasteiger charge is 2.20. The second kappa shape index (κ2) is 6.01. The summed E-state index contributed by atoms with van der Waals surface area (Å²) in [6.07, 6.45) is 1.52. The van der Waals surface area contributed by atoms with Crippen molar-refractivity contribution in [2.24, 2.45) is 0 Å². The van der Waals surface area contributed by atoms with Gasteiger partial charge < -0.3 is 10.1 Å². The lowest BCUT2D eigenvalue weighted by molar-refractivity contribution is -0.114. The molecule has 24 heavy (non-hydrogen) atoms. The number of ether oxygens (including phenoxy) is 1. The van der Waals surface area contributed by atoms with Crippen LogP contribution in [0, 0.1) is 0 Å². The highest BCUT2D eigenvalue weighted by molar-refractivity contribution is 7.90. The molecule has 0 aliphatic rings. The maximum Gasteiger partial charge on any atom is 0.268 e. The third-order valence-corrected chi connectivity index (χ3v) is 5.29. The number of nitrogens with one attached hydrogen (secondary N) is 1. The highest BCUT2D eigenvalue weighted by atomic mass is 32.2. The number of amides is 1. The van der Waals surface area contributed by atoms with Crippen molar-refractivity contribution in [2.45, 2.75) is 11.8 Å². The van der Waals surface area contributed by atoms with Gasteiger partial charge in [-0.2, -0.15) is 0 Å². The van der Waals surface area contributed by atoms with Crippen LogP contribution in [0.4, 0.5) is 5.69 Å². The largest absolute Gasteiger partial charge is 0.495 e. The van der Waals surface area contributed by atoms with Crippen LogP contribution in [0.1, 0.15) is 6.92 Å². The molecule has 0 unspecified atom stereocenters. The van der Waals surface area contributed by atoms with Crippen LogP contribution in [-0.4, -0.2) is 25.4 Å². The fraction of sp³-hybridized carbons (Fsp3) is 0.118. The number of aromatic nitrogens is 1. The Bertz CT molecular complexity index is 1020. The van der Waals surface area contributed by atoms with Crippen molar-refractivity contribution in [3.8, 4) is 5.75 Å². The number of para-hydroxylation sites is 1. The minimum absolute atomic E-state index is 0.0633. The van der Waals surface area contributed by atoms with Crippen LogP contribution in [0.5, 0.6) is 5.75 Å². The maximum absolute atomic E-state index is 13.0. The molecule has 7 heteroatoms. The van der Waals surface area contributed by atoms with E-state index in [9.17, 15) is 13.2 Å². The number of methoxy groups -OCH3 is 1. The van der Waals surface area contributed by atoms with E-state index in [1.54, 1.807) is 18.2 Å². The summed E-state index contributed by atoms with van der Waals surface area (Å²) in [4.78, 5) is 11.4. The zero-order chi connectivity index (χ0) is 17.3. The first kappa shape index (κ1) is 16.1. The van der Waals surface area contributed by atoms with Crippen molar-refractivity contribution >= 4 is 32.5 Å². The van der Waals surface area contributed by atoms with E-state index in [0.717, 1.165) is 5.39 Å². The summed E-state index contributed by atoms with van der Waals surface area (Å²) >= 11 is 0. The van der Waals surface area contributed by atoms with Crippen LogP contribution in [0.15, 0.2) is 59.6 Å². The smallest absolute Gasteiger partial charge is 0.268 e. The molecule has 0 spiro atoms. The first-order chi connectivity index (χ1) is 11.4. The summed E-state index contributed by atoms with van der Waals surface area (Å²) in [6.45, 7) is 1.35. The van der Waals surface area contributed by atoms with Crippen LogP contribution < -0.4 is 10.1 Å². The number of carbonyl (C=O) groups excluding carboxylic acids is 1. The lowest BCUT2D eigenvalue weighted by Gasteiger charge is -2.12. The average molecular weight is 344 g/mol. The number of fused-ring (bicyclic) bond motifs is 1. The molecule has 0 bridgehead atoms. The molecule has 3 rings (SSSR count). The van der Waals surface area contributed by atoms with Gasteiger partial charge in [0.25, 0.3) is 10.0 Å². The molecule has 124 valence electrons. The van der Waals surface area contributed by atoms with E-state index in [-0.39, 0.29) is 10.8 Å². The molecule has 0 aliphatic carbocycles. The Balaban J connectivity index is 2.15. The van der Waals surface area contributed by atoms with E-state index >= 15 is 0 Å². The fourth-order valence-electron chi connectivity index (χ4n) is 2.52. The Kier molecular flexibility index (Phi) is 4.02. The zero-order valence-corrected chi connectivity index (χ0v) is 14.0. The molecule has 0 saturated heterocycles. The van der Waals surface area contributed by atoms with E-state index in [1.807, 2.05) is 12.1 Å². The Morgan fingerprint density at radius 1 is 1.12 bits per heavy atom. The Morgan fingerprint density at radius 3 is 2.58 bits per heavy atom. The number of anilines is 1. The van der Waals surface area contributed by atoms with Gasteiger partial charge in [0.1, 0.15) is 5.75 Å². The van der Waals surface area contributed by atoms with Crippen LogP contribution in [-0.2, 0) is 14.8 Å². The Hall–Kier alpha value is -2.80.